The van der Waals surface area contributed by atoms with E-state index in [1.807, 2.05) is 6.92 Å². The van der Waals surface area contributed by atoms with Gasteiger partial charge in [0.25, 0.3) is 0 Å². The minimum absolute atomic E-state index is 0.239. The Morgan fingerprint density at radius 2 is 2.19 bits per heavy atom. The molecule has 0 spiro atoms. The van der Waals surface area contributed by atoms with Crippen LogP contribution < -0.4 is 11.3 Å². The van der Waals surface area contributed by atoms with Crippen molar-refractivity contribution in [1.29, 1.82) is 0 Å². The van der Waals surface area contributed by atoms with Crippen LogP contribution in [0.15, 0.2) is 0 Å². The van der Waals surface area contributed by atoms with Crippen LogP contribution in [0.25, 0.3) is 0 Å². The second-order valence-electron chi connectivity index (χ2n) is 4.68. The first-order chi connectivity index (χ1) is 7.81. The first kappa shape index (κ1) is 12.0. The van der Waals surface area contributed by atoms with E-state index in [4.69, 9.17) is 5.84 Å². The normalized spacial score (nSPS) is 19.9. The molecule has 1 fully saturated rings. The molecule has 0 aromatic carbocycles. The summed E-state index contributed by atoms with van der Waals surface area (Å²) in [5, 5.41) is 4.05. The first-order valence-electron chi connectivity index (χ1n) is 6.06. The highest BCUT2D eigenvalue weighted by Gasteiger charge is 2.22. The number of nitrogens with zero attached hydrogens (tertiary/aromatic N) is 2. The van der Waals surface area contributed by atoms with Gasteiger partial charge in [0.15, 0.2) is 0 Å². The Hall–Kier alpha value is -0.520. The maximum absolute atomic E-state index is 5.65. The number of hydrogen-bond donors (Lipinski definition) is 2. The highest BCUT2D eigenvalue weighted by molar-refractivity contribution is 7.05. The molecule has 16 heavy (non-hydrogen) atoms. The number of aromatic nitrogens is 2. The molecule has 90 valence electrons. The van der Waals surface area contributed by atoms with Gasteiger partial charge in [-0.2, -0.15) is 0 Å². The Kier molecular flexibility index (Phi) is 4.26. The van der Waals surface area contributed by atoms with Crippen molar-refractivity contribution >= 4 is 11.5 Å². The lowest BCUT2D eigenvalue weighted by Gasteiger charge is -2.25. The van der Waals surface area contributed by atoms with Crippen LogP contribution in [-0.2, 0) is 0 Å². The van der Waals surface area contributed by atoms with Crippen molar-refractivity contribution in [2.75, 3.05) is 0 Å². The van der Waals surface area contributed by atoms with Gasteiger partial charge in [-0.3, -0.25) is 11.3 Å². The van der Waals surface area contributed by atoms with Gasteiger partial charge in [-0.25, -0.2) is 0 Å². The van der Waals surface area contributed by atoms with Crippen LogP contribution in [-0.4, -0.2) is 9.59 Å². The molecule has 0 saturated heterocycles. The SMILES string of the molecule is Cc1nnsc1C(CC1CCCCC1)NN. The van der Waals surface area contributed by atoms with Crippen molar-refractivity contribution in [3.63, 3.8) is 0 Å². The molecular formula is C11H20N4S. The molecule has 1 heterocycles. The van der Waals surface area contributed by atoms with E-state index < -0.39 is 0 Å². The lowest BCUT2D eigenvalue weighted by Crippen LogP contribution is -2.30. The van der Waals surface area contributed by atoms with Crippen LogP contribution in [0.1, 0.15) is 55.1 Å². The summed E-state index contributed by atoms with van der Waals surface area (Å²) >= 11 is 1.47. The Morgan fingerprint density at radius 3 is 2.75 bits per heavy atom. The number of nitrogens with two attached hydrogens (primary N) is 1. The summed E-state index contributed by atoms with van der Waals surface area (Å²) in [7, 11) is 0. The van der Waals surface area contributed by atoms with Gasteiger partial charge in [0, 0.05) is 0 Å². The quantitative estimate of drug-likeness (QED) is 0.626. The van der Waals surface area contributed by atoms with Crippen LogP contribution >= 0.6 is 11.5 Å². The van der Waals surface area contributed by atoms with Crippen molar-refractivity contribution in [2.45, 2.75) is 51.5 Å². The average molecular weight is 240 g/mol. The van der Waals surface area contributed by atoms with E-state index in [0.29, 0.717) is 0 Å². The third kappa shape index (κ3) is 2.78. The summed E-state index contributed by atoms with van der Waals surface area (Å²) in [4.78, 5) is 1.20. The van der Waals surface area contributed by atoms with Gasteiger partial charge in [0.1, 0.15) is 0 Å². The zero-order chi connectivity index (χ0) is 11.4. The molecule has 4 nitrogen and oxygen atoms in total. The highest BCUT2D eigenvalue weighted by Crippen LogP contribution is 2.33. The fraction of sp³-hybridized carbons (Fsp3) is 0.818. The smallest absolute Gasteiger partial charge is 0.0773 e. The lowest BCUT2D eigenvalue weighted by molar-refractivity contribution is 0.302. The molecule has 1 atom stereocenters. The fourth-order valence-corrected chi connectivity index (χ4v) is 3.28. The van der Waals surface area contributed by atoms with Gasteiger partial charge in [0.05, 0.1) is 16.6 Å². The molecule has 0 amide bonds. The topological polar surface area (TPSA) is 63.8 Å². The summed E-state index contributed by atoms with van der Waals surface area (Å²) in [6.45, 7) is 2.00. The van der Waals surface area contributed by atoms with E-state index in [2.05, 4.69) is 15.0 Å². The van der Waals surface area contributed by atoms with Crippen molar-refractivity contribution in [3.05, 3.63) is 10.6 Å². The van der Waals surface area contributed by atoms with Crippen LogP contribution in [0.3, 0.4) is 0 Å². The molecule has 1 unspecified atom stereocenters. The summed E-state index contributed by atoms with van der Waals surface area (Å²) in [6, 6.07) is 0.239. The third-order valence-corrected chi connectivity index (χ3v) is 4.44. The van der Waals surface area contributed by atoms with Gasteiger partial charge < -0.3 is 0 Å². The third-order valence-electron chi connectivity index (χ3n) is 3.50. The van der Waals surface area contributed by atoms with Gasteiger partial charge in [-0.1, -0.05) is 36.6 Å². The molecule has 1 aromatic heterocycles. The lowest BCUT2D eigenvalue weighted by atomic mass is 9.84. The van der Waals surface area contributed by atoms with E-state index in [9.17, 15) is 0 Å². The van der Waals surface area contributed by atoms with E-state index in [1.165, 1.54) is 48.5 Å². The zero-order valence-electron chi connectivity index (χ0n) is 9.78. The van der Waals surface area contributed by atoms with Crippen LogP contribution in [0.5, 0.6) is 0 Å². The molecule has 0 aliphatic heterocycles. The van der Waals surface area contributed by atoms with E-state index >= 15 is 0 Å². The molecule has 2 rings (SSSR count). The number of aryl methyl sites for hydroxylation is 1. The number of rotatable bonds is 4. The van der Waals surface area contributed by atoms with Crippen LogP contribution in [0.4, 0.5) is 0 Å². The largest absolute Gasteiger partial charge is 0.271 e. The molecule has 5 heteroatoms. The van der Waals surface area contributed by atoms with Gasteiger partial charge in [-0.05, 0) is 30.8 Å². The van der Waals surface area contributed by atoms with Crippen molar-refractivity contribution in [3.8, 4) is 0 Å². The first-order valence-corrected chi connectivity index (χ1v) is 6.83. The average Bonchev–Trinajstić information content (AvgIpc) is 2.74. The number of hydrazine groups is 1. The Bertz CT molecular complexity index is 320. The van der Waals surface area contributed by atoms with Gasteiger partial charge in [-0.15, -0.1) is 5.10 Å². The van der Waals surface area contributed by atoms with Crippen molar-refractivity contribution < 1.29 is 0 Å². The molecule has 0 radical (unpaired) electrons. The fourth-order valence-electron chi connectivity index (χ4n) is 2.56. The Morgan fingerprint density at radius 1 is 1.44 bits per heavy atom. The molecule has 3 N–H and O–H groups in total. The summed E-state index contributed by atoms with van der Waals surface area (Å²) in [6.07, 6.45) is 7.98. The maximum atomic E-state index is 5.65. The monoisotopic (exact) mass is 240 g/mol. The van der Waals surface area contributed by atoms with Gasteiger partial charge >= 0.3 is 0 Å². The number of nitrogens with one attached hydrogen (secondary N) is 1. The minimum Gasteiger partial charge on any atom is -0.271 e. The van der Waals surface area contributed by atoms with Crippen molar-refractivity contribution in [2.24, 2.45) is 11.8 Å². The standard InChI is InChI=1S/C11H20N4S/c1-8-11(16-15-14-8)10(13-12)7-9-5-3-2-4-6-9/h9-10,13H,2-7,12H2,1H3. The highest BCUT2D eigenvalue weighted by atomic mass is 32.1. The summed E-state index contributed by atoms with van der Waals surface area (Å²) < 4.78 is 3.98. The second-order valence-corrected chi connectivity index (χ2v) is 5.47. The van der Waals surface area contributed by atoms with E-state index in [0.717, 1.165) is 18.0 Å². The predicted octanol–water partition coefficient (Wildman–Crippen LogP) is 2.32. The van der Waals surface area contributed by atoms with Crippen molar-refractivity contribution in [1.82, 2.24) is 15.0 Å². The Labute approximate surface area is 101 Å². The summed E-state index contributed by atoms with van der Waals surface area (Å²) in [5.74, 6) is 6.47. The molecule has 1 aliphatic carbocycles. The van der Waals surface area contributed by atoms with E-state index in [1.54, 1.807) is 0 Å². The predicted molar refractivity (Wildman–Crippen MR) is 65.9 cm³/mol. The maximum Gasteiger partial charge on any atom is 0.0773 e. The van der Waals surface area contributed by atoms with Gasteiger partial charge in [0.2, 0.25) is 0 Å². The molecule has 1 aromatic rings. The second kappa shape index (κ2) is 5.70. The zero-order valence-corrected chi connectivity index (χ0v) is 10.6. The molecule has 1 saturated carbocycles. The minimum atomic E-state index is 0.239. The molecular weight excluding hydrogens is 220 g/mol. The number of hydrogen-bond acceptors (Lipinski definition) is 5. The van der Waals surface area contributed by atoms with Crippen LogP contribution in [0.2, 0.25) is 0 Å². The van der Waals surface area contributed by atoms with E-state index in [-0.39, 0.29) is 6.04 Å². The summed E-state index contributed by atoms with van der Waals surface area (Å²) in [5.41, 5.74) is 3.94. The molecule has 1 aliphatic rings. The molecule has 0 bridgehead atoms. The Balaban J connectivity index is 1.97. The van der Waals surface area contributed by atoms with Crippen LogP contribution in [0, 0.1) is 12.8 Å².